The van der Waals surface area contributed by atoms with E-state index in [-0.39, 0.29) is 17.3 Å². The average Bonchev–Trinajstić information content (AvgIpc) is 2.81. The van der Waals surface area contributed by atoms with Crippen molar-refractivity contribution in [2.45, 2.75) is 18.6 Å². The molecule has 8 heteroatoms. The summed E-state index contributed by atoms with van der Waals surface area (Å²) in [6.07, 6.45) is 1.73. The number of benzene rings is 1. The number of thioether (sulfide) groups is 1. The van der Waals surface area contributed by atoms with E-state index in [1.807, 2.05) is 11.5 Å². The summed E-state index contributed by atoms with van der Waals surface area (Å²) < 4.78 is 16.1. The molecule has 0 aliphatic rings. The van der Waals surface area contributed by atoms with Gasteiger partial charge in [-0.3, -0.25) is 4.79 Å². The van der Waals surface area contributed by atoms with Gasteiger partial charge in [-0.25, -0.2) is 4.39 Å². The number of carbonyl (C=O) groups excluding carboxylic acids is 1. The van der Waals surface area contributed by atoms with Gasteiger partial charge in [-0.1, -0.05) is 33.8 Å². The topological polar surface area (TPSA) is 59.8 Å². The molecule has 0 aliphatic carbocycles. The number of halogens is 2. The molecule has 1 heterocycles. The van der Waals surface area contributed by atoms with E-state index in [0.29, 0.717) is 16.2 Å². The van der Waals surface area contributed by atoms with Gasteiger partial charge in [-0.2, -0.15) is 0 Å². The second-order valence-corrected chi connectivity index (χ2v) is 6.25. The molecule has 0 saturated carbocycles. The zero-order valence-electron chi connectivity index (χ0n) is 11.8. The molecule has 0 spiro atoms. The number of anilines is 1. The van der Waals surface area contributed by atoms with E-state index < -0.39 is 5.82 Å². The van der Waals surface area contributed by atoms with E-state index in [1.165, 1.54) is 23.9 Å². The normalized spacial score (nSPS) is 10.5. The van der Waals surface area contributed by atoms with Gasteiger partial charge in [0.1, 0.15) is 11.6 Å². The first kappa shape index (κ1) is 16.7. The molecule has 1 amide bonds. The number of hydrogen-bond donors (Lipinski definition) is 1. The first-order valence-electron chi connectivity index (χ1n) is 6.39. The Morgan fingerprint density at radius 1 is 1.55 bits per heavy atom. The summed E-state index contributed by atoms with van der Waals surface area (Å²) in [6, 6.07) is 4.47. The predicted molar refractivity (Wildman–Crippen MR) is 88.4 cm³/mol. The van der Waals surface area contributed by atoms with Crippen LogP contribution in [0, 0.1) is 12.7 Å². The molecule has 0 fully saturated rings. The maximum Gasteiger partial charge on any atom is 0.234 e. The molecule has 0 bridgehead atoms. The van der Waals surface area contributed by atoms with Crippen molar-refractivity contribution in [3.05, 3.63) is 47.0 Å². The fourth-order valence-corrected chi connectivity index (χ4v) is 2.84. The minimum atomic E-state index is -0.488. The van der Waals surface area contributed by atoms with Crippen LogP contribution in [-0.4, -0.2) is 26.4 Å². The third-order valence-electron chi connectivity index (χ3n) is 2.75. The lowest BCUT2D eigenvalue weighted by atomic mass is 10.3. The SMILES string of the molecule is C=CCn1c(C)nnc1SCC(=O)Nc1ccc(Br)cc1F. The molecule has 0 radical (unpaired) electrons. The summed E-state index contributed by atoms with van der Waals surface area (Å²) >= 11 is 4.41. The molecular formula is C14H14BrFN4OS. The number of aromatic nitrogens is 3. The van der Waals surface area contributed by atoms with Crippen LogP contribution in [0.4, 0.5) is 10.1 Å². The quantitative estimate of drug-likeness (QED) is 0.612. The van der Waals surface area contributed by atoms with Crippen LogP contribution in [-0.2, 0) is 11.3 Å². The van der Waals surface area contributed by atoms with E-state index in [0.717, 1.165) is 5.82 Å². The maximum absolute atomic E-state index is 13.7. The van der Waals surface area contributed by atoms with Gasteiger partial charge in [-0.15, -0.1) is 16.8 Å². The van der Waals surface area contributed by atoms with Crippen molar-refractivity contribution in [2.24, 2.45) is 0 Å². The summed E-state index contributed by atoms with van der Waals surface area (Å²) in [5.41, 5.74) is 0.150. The van der Waals surface area contributed by atoms with Gasteiger partial charge >= 0.3 is 0 Å². The number of carbonyl (C=O) groups is 1. The molecule has 5 nitrogen and oxygen atoms in total. The van der Waals surface area contributed by atoms with Crippen molar-refractivity contribution >= 4 is 39.3 Å². The fourth-order valence-electron chi connectivity index (χ4n) is 1.71. The smallest absolute Gasteiger partial charge is 0.234 e. The Bertz CT molecular complexity index is 704. The first-order chi connectivity index (χ1) is 10.5. The number of hydrogen-bond acceptors (Lipinski definition) is 4. The van der Waals surface area contributed by atoms with Gasteiger partial charge in [0.15, 0.2) is 5.16 Å². The molecule has 2 aromatic rings. The van der Waals surface area contributed by atoms with Crippen LogP contribution >= 0.6 is 27.7 Å². The monoisotopic (exact) mass is 384 g/mol. The Morgan fingerprint density at radius 3 is 3.00 bits per heavy atom. The fraction of sp³-hybridized carbons (Fsp3) is 0.214. The second kappa shape index (κ2) is 7.55. The van der Waals surface area contributed by atoms with Gasteiger partial charge in [0.05, 0.1) is 11.4 Å². The van der Waals surface area contributed by atoms with Gasteiger partial charge in [-0.05, 0) is 25.1 Å². The summed E-state index contributed by atoms with van der Waals surface area (Å²) in [4.78, 5) is 11.9. The molecular weight excluding hydrogens is 371 g/mol. The minimum absolute atomic E-state index is 0.116. The molecule has 2 rings (SSSR count). The van der Waals surface area contributed by atoms with Gasteiger partial charge in [0, 0.05) is 11.0 Å². The summed E-state index contributed by atoms with van der Waals surface area (Å²) in [5, 5.41) is 11.1. The Kier molecular flexibility index (Phi) is 5.73. The molecule has 0 saturated heterocycles. The first-order valence-corrected chi connectivity index (χ1v) is 8.17. The minimum Gasteiger partial charge on any atom is -0.323 e. The van der Waals surface area contributed by atoms with E-state index >= 15 is 0 Å². The van der Waals surface area contributed by atoms with Crippen LogP contribution in [0.15, 0.2) is 40.5 Å². The van der Waals surface area contributed by atoms with Crippen molar-refractivity contribution in [1.82, 2.24) is 14.8 Å². The second-order valence-electron chi connectivity index (χ2n) is 4.39. The van der Waals surface area contributed by atoms with Crippen LogP contribution in [0.1, 0.15) is 5.82 Å². The van der Waals surface area contributed by atoms with Crippen molar-refractivity contribution in [3.63, 3.8) is 0 Å². The van der Waals surface area contributed by atoms with E-state index in [4.69, 9.17) is 0 Å². The summed E-state index contributed by atoms with van der Waals surface area (Å²) in [6.45, 7) is 6.08. The largest absolute Gasteiger partial charge is 0.323 e. The zero-order valence-corrected chi connectivity index (χ0v) is 14.2. The number of allylic oxidation sites excluding steroid dienone is 1. The van der Waals surface area contributed by atoms with Crippen molar-refractivity contribution in [2.75, 3.05) is 11.1 Å². The van der Waals surface area contributed by atoms with Crippen molar-refractivity contribution in [1.29, 1.82) is 0 Å². The highest BCUT2D eigenvalue weighted by Gasteiger charge is 2.12. The highest BCUT2D eigenvalue weighted by molar-refractivity contribution is 9.10. The molecule has 1 aromatic carbocycles. The van der Waals surface area contributed by atoms with E-state index in [2.05, 4.69) is 38.0 Å². The highest BCUT2D eigenvalue weighted by atomic mass is 79.9. The lowest BCUT2D eigenvalue weighted by molar-refractivity contribution is -0.113. The maximum atomic E-state index is 13.7. The number of nitrogens with one attached hydrogen (secondary N) is 1. The number of amides is 1. The summed E-state index contributed by atoms with van der Waals surface area (Å²) in [5.74, 6) is 0.0716. The van der Waals surface area contributed by atoms with Gasteiger partial charge in [0.2, 0.25) is 5.91 Å². The lowest BCUT2D eigenvalue weighted by Gasteiger charge is -2.07. The Labute approximate surface area is 140 Å². The van der Waals surface area contributed by atoms with Crippen LogP contribution < -0.4 is 5.32 Å². The standard InChI is InChI=1S/C14H14BrFN4OS/c1-3-6-20-9(2)18-19-14(20)22-8-13(21)17-12-5-4-10(15)7-11(12)16/h3-5,7H,1,6,8H2,2H3,(H,17,21). The van der Waals surface area contributed by atoms with Gasteiger partial charge in [0.25, 0.3) is 0 Å². The number of nitrogens with zero attached hydrogens (tertiary/aromatic N) is 3. The number of aryl methyl sites for hydroxylation is 1. The van der Waals surface area contributed by atoms with Crippen LogP contribution in [0.25, 0.3) is 0 Å². The van der Waals surface area contributed by atoms with Crippen molar-refractivity contribution < 1.29 is 9.18 Å². The third-order valence-corrected chi connectivity index (χ3v) is 4.21. The Balaban J connectivity index is 1.97. The predicted octanol–water partition coefficient (Wildman–Crippen LogP) is 3.40. The Hall–Kier alpha value is -1.67. The zero-order chi connectivity index (χ0) is 16.1. The molecule has 0 unspecified atom stereocenters. The molecule has 116 valence electrons. The average molecular weight is 385 g/mol. The van der Waals surface area contributed by atoms with E-state index in [1.54, 1.807) is 12.1 Å². The lowest BCUT2D eigenvalue weighted by Crippen LogP contribution is -2.15. The molecule has 22 heavy (non-hydrogen) atoms. The number of rotatable bonds is 6. The summed E-state index contributed by atoms with van der Waals surface area (Å²) in [7, 11) is 0. The molecule has 0 aliphatic heterocycles. The highest BCUT2D eigenvalue weighted by Crippen LogP contribution is 2.21. The van der Waals surface area contributed by atoms with Crippen LogP contribution in [0.5, 0.6) is 0 Å². The Morgan fingerprint density at radius 2 is 2.32 bits per heavy atom. The molecule has 0 atom stereocenters. The van der Waals surface area contributed by atoms with Gasteiger partial charge < -0.3 is 9.88 Å². The van der Waals surface area contributed by atoms with Crippen LogP contribution in [0.2, 0.25) is 0 Å². The van der Waals surface area contributed by atoms with E-state index in [9.17, 15) is 9.18 Å². The third kappa shape index (κ3) is 4.17. The molecule has 1 aromatic heterocycles. The van der Waals surface area contributed by atoms with Crippen LogP contribution in [0.3, 0.4) is 0 Å². The molecule has 1 N–H and O–H groups in total. The van der Waals surface area contributed by atoms with Crippen molar-refractivity contribution in [3.8, 4) is 0 Å².